The van der Waals surface area contributed by atoms with E-state index in [1.807, 2.05) is 0 Å². The van der Waals surface area contributed by atoms with Gasteiger partial charge in [0.05, 0.1) is 0 Å². The fraction of sp³-hybridized carbons (Fsp3) is 0.609. The number of rotatable bonds is 3. The molecule has 2 fully saturated rings. The number of amides is 1. The standard InChI is InChI=1S/C23H31N3O/c1-25-13-15(12-24-23(27)16-6-3-4-7-16)10-19-18-8-5-9-20-22(18)17(11-21(19)25)14-26(20)2/h5,8-9,14-16,19,21H,3-4,6-7,10-13H2,1-2H3,(H,24,27)/t15-,19+,21+/m0/s1. The Kier molecular flexibility index (Phi) is 4.27. The van der Waals surface area contributed by atoms with Gasteiger partial charge in [-0.25, -0.2) is 0 Å². The molecule has 1 saturated heterocycles. The van der Waals surface area contributed by atoms with Crippen molar-refractivity contribution in [1.29, 1.82) is 0 Å². The van der Waals surface area contributed by atoms with Gasteiger partial charge >= 0.3 is 0 Å². The van der Waals surface area contributed by atoms with E-state index in [0.29, 0.717) is 23.8 Å². The Hall–Kier alpha value is -1.81. The summed E-state index contributed by atoms with van der Waals surface area (Å²) in [6.07, 6.45) is 9.27. The van der Waals surface area contributed by atoms with Crippen molar-refractivity contribution in [1.82, 2.24) is 14.8 Å². The summed E-state index contributed by atoms with van der Waals surface area (Å²) >= 11 is 0. The molecule has 2 aromatic rings. The number of likely N-dealkylation sites (N-methyl/N-ethyl adjacent to an activating group) is 1. The molecule has 27 heavy (non-hydrogen) atoms. The molecule has 1 saturated carbocycles. The average molecular weight is 366 g/mol. The Morgan fingerprint density at radius 2 is 2.04 bits per heavy atom. The predicted molar refractivity (Wildman–Crippen MR) is 109 cm³/mol. The quantitative estimate of drug-likeness (QED) is 0.905. The van der Waals surface area contributed by atoms with Gasteiger partial charge in [-0.1, -0.05) is 25.0 Å². The van der Waals surface area contributed by atoms with Crippen LogP contribution in [0.5, 0.6) is 0 Å². The predicted octanol–water partition coefficient (Wildman–Crippen LogP) is 3.44. The SMILES string of the molecule is CN1C[C@H](CNC(=O)C2CCCC2)C[C@@H]2c3cccc4c3c(cn4C)C[C@H]21. The highest BCUT2D eigenvalue weighted by Crippen LogP contribution is 2.44. The zero-order chi connectivity index (χ0) is 18.5. The van der Waals surface area contributed by atoms with Crippen LogP contribution in [-0.2, 0) is 18.3 Å². The van der Waals surface area contributed by atoms with E-state index in [1.54, 1.807) is 0 Å². The number of hydrogen-bond acceptors (Lipinski definition) is 2. The molecule has 1 aromatic carbocycles. The van der Waals surface area contributed by atoms with Crippen LogP contribution in [0.15, 0.2) is 24.4 Å². The van der Waals surface area contributed by atoms with Crippen LogP contribution in [0.2, 0.25) is 0 Å². The molecule has 144 valence electrons. The molecular formula is C23H31N3O. The fourth-order valence-electron chi connectivity index (χ4n) is 6.06. The van der Waals surface area contributed by atoms with Crippen molar-refractivity contribution >= 4 is 16.8 Å². The molecule has 3 aliphatic rings. The summed E-state index contributed by atoms with van der Waals surface area (Å²) in [5, 5.41) is 4.78. The van der Waals surface area contributed by atoms with Crippen molar-refractivity contribution in [2.75, 3.05) is 20.1 Å². The van der Waals surface area contributed by atoms with Crippen LogP contribution in [0.25, 0.3) is 10.9 Å². The Balaban J connectivity index is 1.35. The number of likely N-dealkylation sites (tertiary alicyclic amines) is 1. The smallest absolute Gasteiger partial charge is 0.223 e. The van der Waals surface area contributed by atoms with Crippen molar-refractivity contribution in [3.8, 4) is 0 Å². The molecule has 4 nitrogen and oxygen atoms in total. The molecule has 5 rings (SSSR count). The van der Waals surface area contributed by atoms with Crippen LogP contribution in [-0.4, -0.2) is 41.6 Å². The summed E-state index contributed by atoms with van der Waals surface area (Å²) in [4.78, 5) is 15.0. The van der Waals surface area contributed by atoms with Crippen molar-refractivity contribution in [2.24, 2.45) is 18.9 Å². The molecule has 1 amide bonds. The van der Waals surface area contributed by atoms with Gasteiger partial charge in [0.2, 0.25) is 5.91 Å². The summed E-state index contributed by atoms with van der Waals surface area (Å²) in [6, 6.07) is 7.40. The number of aryl methyl sites for hydroxylation is 1. The van der Waals surface area contributed by atoms with Crippen LogP contribution in [0.3, 0.4) is 0 Å². The van der Waals surface area contributed by atoms with E-state index in [2.05, 4.69) is 53.3 Å². The van der Waals surface area contributed by atoms with E-state index >= 15 is 0 Å². The average Bonchev–Trinajstić information content (AvgIpc) is 3.31. The zero-order valence-corrected chi connectivity index (χ0v) is 16.6. The Labute approximate surface area is 161 Å². The number of aromatic nitrogens is 1. The van der Waals surface area contributed by atoms with Crippen molar-refractivity contribution < 1.29 is 4.79 Å². The van der Waals surface area contributed by atoms with Crippen LogP contribution in [0.4, 0.5) is 0 Å². The summed E-state index contributed by atoms with van der Waals surface area (Å²) < 4.78 is 2.28. The van der Waals surface area contributed by atoms with E-state index in [-0.39, 0.29) is 5.92 Å². The Morgan fingerprint density at radius 1 is 1.22 bits per heavy atom. The number of piperidine rings is 1. The minimum Gasteiger partial charge on any atom is -0.356 e. The lowest BCUT2D eigenvalue weighted by Gasteiger charge is -2.45. The van der Waals surface area contributed by atoms with E-state index in [9.17, 15) is 4.79 Å². The van der Waals surface area contributed by atoms with Crippen LogP contribution in [0, 0.1) is 11.8 Å². The molecular weight excluding hydrogens is 334 g/mol. The van der Waals surface area contributed by atoms with Crippen molar-refractivity contribution in [2.45, 2.75) is 50.5 Å². The number of nitrogens with zero attached hydrogens (tertiary/aromatic N) is 2. The van der Waals surface area contributed by atoms with Crippen LogP contribution < -0.4 is 5.32 Å². The van der Waals surface area contributed by atoms with Gasteiger partial charge in [0.15, 0.2) is 0 Å². The van der Waals surface area contributed by atoms with Gasteiger partial charge in [-0.3, -0.25) is 4.79 Å². The van der Waals surface area contributed by atoms with Gasteiger partial charge in [-0.15, -0.1) is 0 Å². The lowest BCUT2D eigenvalue weighted by atomic mass is 9.72. The van der Waals surface area contributed by atoms with Gasteiger partial charge < -0.3 is 14.8 Å². The highest BCUT2D eigenvalue weighted by atomic mass is 16.1. The van der Waals surface area contributed by atoms with Crippen molar-refractivity contribution in [3.05, 3.63) is 35.5 Å². The maximum absolute atomic E-state index is 12.4. The van der Waals surface area contributed by atoms with E-state index in [0.717, 1.165) is 32.4 Å². The summed E-state index contributed by atoms with van der Waals surface area (Å²) in [7, 11) is 4.44. The molecule has 0 unspecified atom stereocenters. The molecule has 2 aliphatic carbocycles. The first-order chi connectivity index (χ1) is 13.1. The largest absolute Gasteiger partial charge is 0.356 e. The number of nitrogens with one attached hydrogen (secondary N) is 1. The summed E-state index contributed by atoms with van der Waals surface area (Å²) in [6.45, 7) is 1.92. The monoisotopic (exact) mass is 365 g/mol. The molecule has 1 aromatic heterocycles. The van der Waals surface area contributed by atoms with Gasteiger partial charge in [0.1, 0.15) is 0 Å². The van der Waals surface area contributed by atoms with Crippen molar-refractivity contribution in [3.63, 3.8) is 0 Å². The number of carbonyl (C=O) groups is 1. The normalized spacial score (nSPS) is 28.4. The van der Waals surface area contributed by atoms with E-state index in [1.165, 1.54) is 41.3 Å². The number of benzene rings is 1. The Bertz CT molecular complexity index is 864. The van der Waals surface area contributed by atoms with Crippen LogP contribution >= 0.6 is 0 Å². The second-order valence-corrected chi connectivity index (χ2v) is 9.15. The van der Waals surface area contributed by atoms with Gasteiger partial charge in [-0.2, -0.15) is 0 Å². The maximum atomic E-state index is 12.4. The van der Waals surface area contributed by atoms with Gasteiger partial charge in [0.25, 0.3) is 0 Å². The zero-order valence-electron chi connectivity index (χ0n) is 16.6. The summed E-state index contributed by atoms with van der Waals surface area (Å²) in [5.41, 5.74) is 4.39. The Morgan fingerprint density at radius 3 is 2.85 bits per heavy atom. The number of fused-ring (bicyclic) bond motifs is 2. The fourth-order valence-corrected chi connectivity index (χ4v) is 6.06. The first-order valence-electron chi connectivity index (χ1n) is 10.7. The highest BCUT2D eigenvalue weighted by Gasteiger charge is 2.39. The van der Waals surface area contributed by atoms with E-state index < -0.39 is 0 Å². The first-order valence-corrected chi connectivity index (χ1v) is 10.7. The molecule has 1 aliphatic heterocycles. The third kappa shape index (κ3) is 2.89. The topological polar surface area (TPSA) is 37.3 Å². The molecule has 0 spiro atoms. The van der Waals surface area contributed by atoms with Gasteiger partial charge in [0, 0.05) is 55.1 Å². The second-order valence-electron chi connectivity index (χ2n) is 9.15. The lowest BCUT2D eigenvalue weighted by molar-refractivity contribution is -0.125. The third-order valence-electron chi connectivity index (χ3n) is 7.41. The summed E-state index contributed by atoms with van der Waals surface area (Å²) in [5.74, 6) is 1.69. The number of carbonyl (C=O) groups excluding carboxylic acids is 1. The molecule has 0 bridgehead atoms. The maximum Gasteiger partial charge on any atom is 0.223 e. The molecule has 1 N–H and O–H groups in total. The molecule has 3 atom stereocenters. The van der Waals surface area contributed by atoms with Gasteiger partial charge in [-0.05, 0) is 55.8 Å². The van der Waals surface area contributed by atoms with Crippen LogP contribution in [0.1, 0.15) is 49.1 Å². The molecule has 4 heteroatoms. The second kappa shape index (κ2) is 6.66. The molecule has 0 radical (unpaired) electrons. The first kappa shape index (κ1) is 17.3. The minimum atomic E-state index is 0.273. The lowest BCUT2D eigenvalue weighted by Crippen LogP contribution is -2.50. The minimum absolute atomic E-state index is 0.273. The third-order valence-corrected chi connectivity index (χ3v) is 7.41. The number of hydrogen-bond donors (Lipinski definition) is 1. The molecule has 2 heterocycles. The highest BCUT2D eigenvalue weighted by molar-refractivity contribution is 5.89. The van der Waals surface area contributed by atoms with E-state index in [4.69, 9.17) is 0 Å².